The summed E-state index contributed by atoms with van der Waals surface area (Å²) < 4.78 is 0. The number of hydrogen-bond acceptors (Lipinski definition) is 4. The second-order valence-electron chi connectivity index (χ2n) is 3.88. The first-order valence-corrected chi connectivity index (χ1v) is 4.98. The van der Waals surface area contributed by atoms with Crippen LogP contribution < -0.4 is 21.2 Å². The van der Waals surface area contributed by atoms with Crippen LogP contribution in [0.3, 0.4) is 0 Å². The molecule has 1 saturated heterocycles. The Bertz CT molecular complexity index is 629. The van der Waals surface area contributed by atoms with Crippen LogP contribution in [-0.4, -0.2) is 24.8 Å². The maximum absolute atomic E-state index is 11.2. The maximum Gasteiger partial charge on any atom is 0.317 e. The summed E-state index contributed by atoms with van der Waals surface area (Å²) in [4.78, 5) is 28.1. The third kappa shape index (κ3) is 1.29. The van der Waals surface area contributed by atoms with Gasteiger partial charge in [0.15, 0.2) is 0 Å². The molecule has 5 nitrogen and oxygen atoms in total. The fourth-order valence-corrected chi connectivity index (χ4v) is 1.75. The van der Waals surface area contributed by atoms with Gasteiger partial charge in [0, 0.05) is 24.4 Å². The smallest absolute Gasteiger partial charge is 0.317 e. The van der Waals surface area contributed by atoms with E-state index in [9.17, 15) is 9.59 Å². The Balaban J connectivity index is 2.29. The van der Waals surface area contributed by atoms with E-state index in [0.29, 0.717) is 16.3 Å². The second kappa shape index (κ2) is 2.91. The first-order valence-electron chi connectivity index (χ1n) is 4.98. The van der Waals surface area contributed by atoms with E-state index in [1.165, 1.54) is 6.08 Å². The molecule has 0 radical (unpaired) electrons. The van der Waals surface area contributed by atoms with Gasteiger partial charge in [-0.1, -0.05) is 0 Å². The lowest BCUT2D eigenvalue weighted by Crippen LogP contribution is -2.34. The van der Waals surface area contributed by atoms with Gasteiger partial charge in [-0.15, -0.1) is 0 Å². The number of amides is 1. The number of fused-ring (bicyclic) bond motifs is 1. The zero-order chi connectivity index (χ0) is 11.3. The average Bonchev–Trinajstić information content (AvgIpc) is 3.03. The van der Waals surface area contributed by atoms with E-state index in [4.69, 9.17) is 5.73 Å². The minimum Gasteiger partial charge on any atom is -0.397 e. The number of benzene rings is 1. The van der Waals surface area contributed by atoms with Gasteiger partial charge in [-0.05, 0) is 12.1 Å². The maximum atomic E-state index is 11.2. The normalized spacial score (nSPS) is 17.6. The lowest BCUT2D eigenvalue weighted by Gasteiger charge is -2.07. The molecule has 0 unspecified atom stereocenters. The van der Waals surface area contributed by atoms with Crippen molar-refractivity contribution in [2.75, 3.05) is 23.7 Å². The first-order chi connectivity index (χ1) is 7.65. The fourth-order valence-electron chi connectivity index (χ4n) is 1.75. The van der Waals surface area contributed by atoms with E-state index in [1.807, 2.05) is 6.07 Å². The molecule has 0 saturated carbocycles. The molecule has 2 aliphatic rings. The topological polar surface area (TPSA) is 75.5 Å². The van der Waals surface area contributed by atoms with Crippen molar-refractivity contribution in [2.24, 2.45) is 4.99 Å². The molecule has 0 atom stereocenters. The van der Waals surface area contributed by atoms with Crippen molar-refractivity contribution in [1.82, 2.24) is 0 Å². The summed E-state index contributed by atoms with van der Waals surface area (Å²) in [6, 6.07) is 3.45. The molecule has 2 aliphatic heterocycles. The summed E-state index contributed by atoms with van der Waals surface area (Å²) in [5, 5.41) is 1.15. The lowest BCUT2D eigenvalue weighted by molar-refractivity contribution is -0.132. The van der Waals surface area contributed by atoms with Gasteiger partial charge in [-0.2, -0.15) is 0 Å². The van der Waals surface area contributed by atoms with Crippen LogP contribution in [0.5, 0.6) is 0 Å². The number of Topliss-reactive ketones (excluding diaryl/α,β-unsaturated/α-hetero) is 1. The van der Waals surface area contributed by atoms with Crippen LogP contribution in [0.1, 0.15) is 0 Å². The Morgan fingerprint density at radius 3 is 2.69 bits per heavy atom. The van der Waals surface area contributed by atoms with Crippen LogP contribution in [0.2, 0.25) is 0 Å². The number of anilines is 2. The highest BCUT2D eigenvalue weighted by atomic mass is 16.2. The lowest BCUT2D eigenvalue weighted by atomic mass is 10.1. The molecule has 3 rings (SSSR count). The minimum absolute atomic E-state index is 0.479. The first kappa shape index (κ1) is 9.08. The monoisotopic (exact) mass is 215 g/mol. The van der Waals surface area contributed by atoms with Crippen molar-refractivity contribution in [1.29, 1.82) is 0 Å². The van der Waals surface area contributed by atoms with E-state index in [1.54, 1.807) is 6.07 Å². The molecule has 0 bridgehead atoms. The third-order valence-corrected chi connectivity index (χ3v) is 2.68. The number of rotatable bonds is 1. The summed E-state index contributed by atoms with van der Waals surface area (Å²) >= 11 is 0. The molecule has 2 N–H and O–H groups in total. The molecule has 2 heterocycles. The molecule has 1 aromatic rings. The van der Waals surface area contributed by atoms with Crippen molar-refractivity contribution in [2.45, 2.75) is 0 Å². The van der Waals surface area contributed by atoms with Gasteiger partial charge in [0.25, 0.3) is 0 Å². The highest BCUT2D eigenvalue weighted by Gasteiger charge is 2.21. The zero-order valence-electron chi connectivity index (χ0n) is 8.43. The average molecular weight is 215 g/mol. The van der Waals surface area contributed by atoms with Gasteiger partial charge in [0.2, 0.25) is 5.78 Å². The van der Waals surface area contributed by atoms with Crippen molar-refractivity contribution in [3.05, 3.63) is 22.7 Å². The molecule has 1 amide bonds. The molecular formula is C11H9N3O2. The number of carbonyl (C=O) groups is 2. The van der Waals surface area contributed by atoms with Crippen LogP contribution in [0.15, 0.2) is 17.1 Å². The summed E-state index contributed by atoms with van der Waals surface area (Å²) in [7, 11) is 0. The number of nitrogens with two attached hydrogens (primary N) is 1. The second-order valence-corrected chi connectivity index (χ2v) is 3.88. The largest absolute Gasteiger partial charge is 0.397 e. The Morgan fingerprint density at radius 1 is 1.25 bits per heavy atom. The summed E-state index contributed by atoms with van der Waals surface area (Å²) in [6.45, 7) is 1.96. The Labute approximate surface area is 90.9 Å². The van der Waals surface area contributed by atoms with Crippen LogP contribution >= 0.6 is 0 Å². The summed E-state index contributed by atoms with van der Waals surface area (Å²) in [5.74, 6) is -1.31. The van der Waals surface area contributed by atoms with Gasteiger partial charge in [0.05, 0.1) is 16.7 Å². The standard InChI is InChI=1S/C11H9N3O2/c12-7-5-8-6(3-9(7)14-1-2-14)4-10(15)11(16)13-8/h3-5H,1-2,12H2. The molecule has 80 valence electrons. The summed E-state index contributed by atoms with van der Waals surface area (Å²) in [6.07, 6.45) is 1.32. The van der Waals surface area contributed by atoms with E-state index < -0.39 is 11.7 Å². The number of hydrogen-bond donors (Lipinski definition) is 1. The van der Waals surface area contributed by atoms with Crippen molar-refractivity contribution < 1.29 is 9.59 Å². The fraction of sp³-hybridized carbons (Fsp3) is 0.182. The van der Waals surface area contributed by atoms with Crippen molar-refractivity contribution >= 4 is 29.1 Å². The number of carbonyl (C=O) groups excluding carboxylic acids is 2. The van der Waals surface area contributed by atoms with Crippen LogP contribution in [0.25, 0.3) is 6.08 Å². The van der Waals surface area contributed by atoms with Crippen LogP contribution in [-0.2, 0) is 9.59 Å². The molecule has 0 spiro atoms. The zero-order valence-corrected chi connectivity index (χ0v) is 8.43. The molecule has 0 aromatic heterocycles. The molecule has 1 fully saturated rings. The molecule has 5 heteroatoms. The quantitative estimate of drug-likeness (QED) is 0.355. The highest BCUT2D eigenvalue weighted by Crippen LogP contribution is 2.24. The van der Waals surface area contributed by atoms with Crippen molar-refractivity contribution in [3.63, 3.8) is 0 Å². The number of nitrogen functional groups attached to an aromatic ring is 1. The Kier molecular flexibility index (Phi) is 1.65. The highest BCUT2D eigenvalue weighted by molar-refractivity contribution is 6.48. The van der Waals surface area contributed by atoms with E-state index >= 15 is 0 Å². The summed E-state index contributed by atoms with van der Waals surface area (Å²) in [5.41, 5.74) is 7.36. The molecule has 0 aliphatic carbocycles. The molecule has 1 aromatic carbocycles. The van der Waals surface area contributed by atoms with Gasteiger partial charge in [0.1, 0.15) is 0 Å². The van der Waals surface area contributed by atoms with Crippen LogP contribution in [0, 0.1) is 0 Å². The van der Waals surface area contributed by atoms with E-state index in [-0.39, 0.29) is 0 Å². The predicted octanol–water partition coefficient (Wildman–Crippen LogP) is -1.40. The van der Waals surface area contributed by atoms with Gasteiger partial charge < -0.3 is 10.6 Å². The van der Waals surface area contributed by atoms with Gasteiger partial charge in [-0.25, -0.2) is 4.99 Å². The Morgan fingerprint density at radius 2 is 2.00 bits per heavy atom. The molecule has 16 heavy (non-hydrogen) atoms. The Hall–Kier alpha value is -2.17. The van der Waals surface area contributed by atoms with E-state index in [0.717, 1.165) is 18.8 Å². The predicted molar refractivity (Wildman–Crippen MR) is 58.3 cm³/mol. The van der Waals surface area contributed by atoms with Gasteiger partial charge >= 0.3 is 5.91 Å². The van der Waals surface area contributed by atoms with E-state index in [2.05, 4.69) is 9.89 Å². The molecular weight excluding hydrogens is 206 g/mol. The SMILES string of the molecule is Nc1cc2c(cc1N1CC1)=CC(=O)C(=O)N=2. The van der Waals surface area contributed by atoms with Crippen molar-refractivity contribution in [3.8, 4) is 0 Å². The number of nitrogens with zero attached hydrogens (tertiary/aromatic N) is 2. The van der Waals surface area contributed by atoms with Gasteiger partial charge in [-0.3, -0.25) is 9.59 Å². The van der Waals surface area contributed by atoms with Crippen LogP contribution in [0.4, 0.5) is 11.4 Å². The minimum atomic E-state index is -0.730. The third-order valence-electron chi connectivity index (χ3n) is 2.68. The number of ketones is 1.